The Morgan fingerprint density at radius 2 is 1.76 bits per heavy atom. The van der Waals surface area contributed by atoms with Crippen molar-refractivity contribution >= 4 is 50.2 Å². The zero-order valence-electron chi connectivity index (χ0n) is 22.4. The van der Waals surface area contributed by atoms with E-state index in [4.69, 9.17) is 34.5 Å². The molecule has 242 valence electrons. The second-order valence-electron chi connectivity index (χ2n) is 9.75. The van der Waals surface area contributed by atoms with Crippen molar-refractivity contribution in [1.29, 1.82) is 0 Å². The lowest BCUT2D eigenvalue weighted by Crippen LogP contribution is -2.36. The number of nitrogen functional groups attached to an aromatic ring is 2. The molecule has 6 unspecified atom stereocenters. The van der Waals surface area contributed by atoms with Crippen LogP contribution in [-0.2, 0) is 32.2 Å². The largest absolute Gasteiger partial charge is 0.695 e. The Labute approximate surface area is 249 Å². The third kappa shape index (κ3) is 5.79. The number of ether oxygens (including phenoxy) is 2. The maximum Gasteiger partial charge on any atom is 0.695 e. The highest BCUT2D eigenvalue weighted by molar-refractivity contribution is 7.47. The standard InChI is InChI=1S/C20H23FN10O12P2/c21-8-12(42-44(35)36)7(41-18(8)30-4-26-9-14(22)24-3-25-15(9)30)2-39-45(37,38)43-13-11(33)6(1-32)40-19(13)31-5-27-10-16(31)28-20(23)29-17(10)34/h3-8,11-13,18-19,32-33H,1-2H2,(H6-,22,23,24,25,28,29,34,35,36,37,38)/p+1/t6-,7-,8?,11?,12?,13?,18-,19-/m1/s1. The fourth-order valence-electron chi connectivity index (χ4n) is 5.03. The van der Waals surface area contributed by atoms with Gasteiger partial charge in [-0.15, -0.1) is 9.42 Å². The van der Waals surface area contributed by atoms with Gasteiger partial charge in [0.1, 0.15) is 36.3 Å². The minimum atomic E-state index is -5.21. The van der Waals surface area contributed by atoms with Crippen LogP contribution >= 0.6 is 16.1 Å². The van der Waals surface area contributed by atoms with E-state index >= 15 is 4.39 Å². The molecule has 0 bridgehead atoms. The molecule has 10 atom stereocenters. The van der Waals surface area contributed by atoms with Gasteiger partial charge in [-0.3, -0.25) is 28.0 Å². The molecule has 4 aromatic rings. The number of aliphatic hydroxyl groups is 2. The molecular formula is C20H24FN10O12P2+. The van der Waals surface area contributed by atoms with E-state index in [0.29, 0.717) is 0 Å². The third-order valence-electron chi connectivity index (χ3n) is 7.01. The van der Waals surface area contributed by atoms with Crippen molar-refractivity contribution in [2.24, 2.45) is 0 Å². The quantitative estimate of drug-likeness (QED) is 0.0905. The molecule has 0 saturated carbocycles. The van der Waals surface area contributed by atoms with Gasteiger partial charge in [-0.2, -0.15) is 4.98 Å². The van der Waals surface area contributed by atoms with E-state index in [1.165, 1.54) is 0 Å². The summed E-state index contributed by atoms with van der Waals surface area (Å²) in [4.78, 5) is 54.1. The number of phosphoric ester groups is 1. The maximum atomic E-state index is 15.6. The van der Waals surface area contributed by atoms with Crippen LogP contribution in [0.15, 0.2) is 23.8 Å². The van der Waals surface area contributed by atoms with Crippen molar-refractivity contribution in [3.63, 3.8) is 0 Å². The number of anilines is 2. The zero-order valence-corrected chi connectivity index (χ0v) is 24.2. The molecule has 9 N–H and O–H groups in total. The Morgan fingerprint density at radius 1 is 1.07 bits per heavy atom. The molecular weight excluding hydrogens is 653 g/mol. The predicted octanol–water partition coefficient (Wildman–Crippen LogP) is -1.85. The van der Waals surface area contributed by atoms with E-state index in [1.54, 1.807) is 0 Å². The van der Waals surface area contributed by atoms with Gasteiger partial charge in [-0.05, 0) is 0 Å². The Hall–Kier alpha value is -3.60. The molecule has 6 rings (SSSR count). The molecule has 2 fully saturated rings. The average molecular weight is 677 g/mol. The molecule has 4 aromatic heterocycles. The summed E-state index contributed by atoms with van der Waals surface area (Å²) in [7, 11) is -8.58. The second kappa shape index (κ2) is 12.0. The highest BCUT2D eigenvalue weighted by Crippen LogP contribution is 2.50. The minimum Gasteiger partial charge on any atom is -0.394 e. The highest BCUT2D eigenvalue weighted by Gasteiger charge is 2.53. The number of H-pyrrole nitrogens is 1. The van der Waals surface area contributed by atoms with Crippen molar-refractivity contribution < 1.29 is 56.6 Å². The van der Waals surface area contributed by atoms with Gasteiger partial charge in [0.15, 0.2) is 47.4 Å². The van der Waals surface area contributed by atoms with Crippen LogP contribution in [-0.4, -0.2) is 109 Å². The van der Waals surface area contributed by atoms with Gasteiger partial charge in [0.25, 0.3) is 5.56 Å². The number of imidazole rings is 2. The third-order valence-corrected chi connectivity index (χ3v) is 8.42. The number of nitrogens with zero attached hydrogens (tertiary/aromatic N) is 7. The van der Waals surface area contributed by atoms with Gasteiger partial charge in [0, 0.05) is 4.57 Å². The van der Waals surface area contributed by atoms with Crippen LogP contribution in [0.3, 0.4) is 0 Å². The fraction of sp³-hybridized carbons (Fsp3) is 0.500. The lowest BCUT2D eigenvalue weighted by molar-refractivity contribution is -0.0589. The number of halogens is 1. The van der Waals surface area contributed by atoms with Crippen molar-refractivity contribution in [3.8, 4) is 0 Å². The van der Waals surface area contributed by atoms with E-state index < -0.39 is 84.0 Å². The van der Waals surface area contributed by atoms with E-state index in [-0.39, 0.29) is 34.1 Å². The van der Waals surface area contributed by atoms with Gasteiger partial charge in [0.05, 0.1) is 25.9 Å². The summed E-state index contributed by atoms with van der Waals surface area (Å²) >= 11 is 0. The van der Waals surface area contributed by atoms with Gasteiger partial charge < -0.3 is 36.0 Å². The van der Waals surface area contributed by atoms with Crippen LogP contribution in [0.2, 0.25) is 0 Å². The first kappa shape index (κ1) is 31.4. The summed E-state index contributed by atoms with van der Waals surface area (Å²) in [5.41, 5.74) is 10.6. The molecule has 2 aliphatic heterocycles. The van der Waals surface area contributed by atoms with E-state index in [9.17, 15) is 33.9 Å². The smallest absolute Gasteiger partial charge is 0.394 e. The molecule has 0 amide bonds. The van der Waals surface area contributed by atoms with Crippen molar-refractivity contribution in [1.82, 2.24) is 39.0 Å². The number of hydrogen-bond acceptors (Lipinski definition) is 17. The van der Waals surface area contributed by atoms with Crippen LogP contribution < -0.4 is 17.0 Å². The number of aromatic amines is 1. The molecule has 0 aliphatic carbocycles. The monoisotopic (exact) mass is 677 g/mol. The molecule has 6 heterocycles. The van der Waals surface area contributed by atoms with Crippen molar-refractivity contribution in [2.75, 3.05) is 24.7 Å². The van der Waals surface area contributed by atoms with Gasteiger partial charge in [-0.1, -0.05) is 0 Å². The van der Waals surface area contributed by atoms with Gasteiger partial charge in [-0.25, -0.2) is 28.9 Å². The van der Waals surface area contributed by atoms with Crippen molar-refractivity contribution in [2.45, 2.75) is 49.1 Å². The lowest BCUT2D eigenvalue weighted by Gasteiger charge is -2.24. The number of phosphoric acid groups is 1. The molecule has 2 saturated heterocycles. The molecule has 0 spiro atoms. The summed E-state index contributed by atoms with van der Waals surface area (Å²) in [5, 5.41) is 20.4. The van der Waals surface area contributed by atoms with Crippen molar-refractivity contribution in [3.05, 3.63) is 29.3 Å². The summed E-state index contributed by atoms with van der Waals surface area (Å²) in [5.74, 6) is -0.298. The molecule has 0 aromatic carbocycles. The predicted molar refractivity (Wildman–Crippen MR) is 143 cm³/mol. The number of alkyl halides is 1. The van der Waals surface area contributed by atoms with Crippen LogP contribution in [0.25, 0.3) is 22.3 Å². The summed E-state index contributed by atoms with van der Waals surface area (Å²) in [6.45, 7) is -1.68. The lowest BCUT2D eigenvalue weighted by atomic mass is 10.1. The van der Waals surface area contributed by atoms with Gasteiger partial charge in [0.2, 0.25) is 5.95 Å². The number of nitrogens with one attached hydrogen (secondary N) is 1. The highest BCUT2D eigenvalue weighted by atomic mass is 31.2. The second-order valence-corrected chi connectivity index (χ2v) is 11.8. The summed E-state index contributed by atoms with van der Waals surface area (Å²) in [6, 6.07) is 0. The molecule has 0 radical (unpaired) electrons. The summed E-state index contributed by atoms with van der Waals surface area (Å²) < 4.78 is 68.7. The first-order valence-corrected chi connectivity index (χ1v) is 15.4. The number of nitrogens with two attached hydrogens (primary N) is 2. The molecule has 45 heavy (non-hydrogen) atoms. The molecule has 22 nitrogen and oxygen atoms in total. The fourth-order valence-corrected chi connectivity index (χ4v) is 6.42. The van der Waals surface area contributed by atoms with Gasteiger partial charge >= 0.3 is 16.1 Å². The van der Waals surface area contributed by atoms with E-state index in [0.717, 1.165) is 28.1 Å². The van der Waals surface area contributed by atoms with Crippen LogP contribution in [0.5, 0.6) is 0 Å². The number of rotatable bonds is 10. The maximum absolute atomic E-state index is 15.6. The van der Waals surface area contributed by atoms with E-state index in [2.05, 4.69) is 29.9 Å². The number of aromatic nitrogens is 8. The molecule has 25 heteroatoms. The topological polar surface area (TPSA) is 320 Å². The van der Waals surface area contributed by atoms with Crippen LogP contribution in [0.1, 0.15) is 12.5 Å². The first-order chi connectivity index (χ1) is 21.4. The normalized spacial score (nSPS) is 30.3. The Kier molecular flexibility index (Phi) is 8.34. The Morgan fingerprint density at radius 3 is 2.47 bits per heavy atom. The van der Waals surface area contributed by atoms with Crippen LogP contribution in [0, 0.1) is 0 Å². The van der Waals surface area contributed by atoms with Crippen LogP contribution in [0.4, 0.5) is 16.2 Å². The first-order valence-electron chi connectivity index (χ1n) is 12.8. The minimum absolute atomic E-state index is 0.00814. The number of fused-ring (bicyclic) bond motifs is 2. The Bertz CT molecular complexity index is 1860. The number of aliphatic hydroxyl groups excluding tert-OH is 2. The zero-order chi connectivity index (χ0) is 32.2. The molecule has 2 aliphatic rings. The Balaban J connectivity index is 1.22. The SMILES string of the molecule is Nc1nc2c(ncn2[C@@H]2O[C@H](CO)C(O)C2OP(=O)(O)OC[C@H]2O[C@@H](n3cnc4c(N)ncnc43)C(F)C2O[P+](=O)O)c(=O)[nH]1. The van der Waals surface area contributed by atoms with E-state index in [1.807, 2.05) is 0 Å². The average Bonchev–Trinajstić information content (AvgIpc) is 3.73. The summed E-state index contributed by atoms with van der Waals surface area (Å²) in [6.07, 6.45) is -10.0. The number of hydrogen-bond donors (Lipinski definition) is 7.